The van der Waals surface area contributed by atoms with E-state index in [4.69, 9.17) is 0 Å². The van der Waals surface area contributed by atoms with Crippen LogP contribution in [0, 0.1) is 35.5 Å². The SMILES string of the molecule is CC(C)CCCC(O)C1CCC(C2CCC3CCCCC32)CC1. The molecule has 0 amide bonds. The minimum absolute atomic E-state index is 0.0132. The van der Waals surface area contributed by atoms with Crippen molar-refractivity contribution < 1.29 is 5.11 Å². The molecule has 134 valence electrons. The Kier molecular flexibility index (Phi) is 6.46. The van der Waals surface area contributed by atoms with Gasteiger partial charge in [-0.25, -0.2) is 0 Å². The Morgan fingerprint density at radius 3 is 2.09 bits per heavy atom. The van der Waals surface area contributed by atoms with Crippen LogP contribution < -0.4 is 0 Å². The molecule has 0 heterocycles. The van der Waals surface area contributed by atoms with E-state index in [2.05, 4.69) is 13.8 Å². The molecule has 0 saturated heterocycles. The lowest BCUT2D eigenvalue weighted by molar-refractivity contribution is 0.0478. The maximum Gasteiger partial charge on any atom is 0.0568 e. The number of aliphatic hydroxyl groups is 1. The second-order valence-corrected chi connectivity index (χ2v) is 9.52. The van der Waals surface area contributed by atoms with Gasteiger partial charge in [-0.15, -0.1) is 0 Å². The van der Waals surface area contributed by atoms with Crippen molar-refractivity contribution >= 4 is 0 Å². The number of hydrogen-bond acceptors (Lipinski definition) is 1. The average Bonchev–Trinajstić information content (AvgIpc) is 2.98. The summed E-state index contributed by atoms with van der Waals surface area (Å²) in [6.07, 6.45) is 18.1. The van der Waals surface area contributed by atoms with E-state index >= 15 is 0 Å². The van der Waals surface area contributed by atoms with Crippen LogP contribution >= 0.6 is 0 Å². The molecule has 0 aromatic carbocycles. The van der Waals surface area contributed by atoms with Crippen molar-refractivity contribution in [3.05, 3.63) is 0 Å². The molecule has 4 atom stereocenters. The molecule has 3 aliphatic carbocycles. The number of rotatable bonds is 6. The van der Waals surface area contributed by atoms with Gasteiger partial charge < -0.3 is 5.11 Å². The zero-order valence-electron chi connectivity index (χ0n) is 15.7. The van der Waals surface area contributed by atoms with Crippen LogP contribution in [0.2, 0.25) is 0 Å². The molecule has 1 N–H and O–H groups in total. The Morgan fingerprint density at radius 1 is 0.739 bits per heavy atom. The molecule has 0 bridgehead atoms. The first-order chi connectivity index (χ1) is 11.1. The van der Waals surface area contributed by atoms with E-state index in [1.807, 2.05) is 0 Å². The van der Waals surface area contributed by atoms with E-state index in [9.17, 15) is 5.11 Å². The molecule has 1 heteroatoms. The zero-order chi connectivity index (χ0) is 16.2. The summed E-state index contributed by atoms with van der Waals surface area (Å²) in [5.74, 6) is 5.63. The van der Waals surface area contributed by atoms with Crippen molar-refractivity contribution in [1.82, 2.24) is 0 Å². The lowest BCUT2D eigenvalue weighted by Gasteiger charge is -2.38. The molecule has 4 unspecified atom stereocenters. The van der Waals surface area contributed by atoms with Gasteiger partial charge >= 0.3 is 0 Å². The molecular formula is C22H40O. The largest absolute Gasteiger partial charge is 0.393 e. The fraction of sp³-hybridized carbons (Fsp3) is 1.00. The molecule has 3 fully saturated rings. The molecule has 1 nitrogen and oxygen atoms in total. The van der Waals surface area contributed by atoms with Crippen LogP contribution in [0.4, 0.5) is 0 Å². The van der Waals surface area contributed by atoms with Crippen LogP contribution in [0.3, 0.4) is 0 Å². The standard InChI is InChI=1S/C22H40O/c1-16(2)6-5-9-22(23)19-12-10-18(11-13-19)21-15-14-17-7-3-4-8-20(17)21/h16-23H,3-15H2,1-2H3. The number of fused-ring (bicyclic) bond motifs is 1. The quantitative estimate of drug-likeness (QED) is 0.618. The lowest BCUT2D eigenvalue weighted by Crippen LogP contribution is -2.31. The minimum atomic E-state index is -0.0132. The van der Waals surface area contributed by atoms with Crippen molar-refractivity contribution in [2.24, 2.45) is 35.5 Å². The van der Waals surface area contributed by atoms with Gasteiger partial charge in [0.1, 0.15) is 0 Å². The monoisotopic (exact) mass is 320 g/mol. The van der Waals surface area contributed by atoms with Crippen molar-refractivity contribution in [3.63, 3.8) is 0 Å². The highest BCUT2D eigenvalue weighted by Crippen LogP contribution is 2.52. The number of hydrogen-bond donors (Lipinski definition) is 1. The summed E-state index contributed by atoms with van der Waals surface area (Å²) in [5.41, 5.74) is 0. The van der Waals surface area contributed by atoms with Crippen molar-refractivity contribution in [2.75, 3.05) is 0 Å². The first-order valence-electron chi connectivity index (χ1n) is 10.8. The average molecular weight is 321 g/mol. The van der Waals surface area contributed by atoms with Gasteiger partial charge in [0.15, 0.2) is 0 Å². The lowest BCUT2D eigenvalue weighted by atomic mass is 9.68. The second-order valence-electron chi connectivity index (χ2n) is 9.52. The molecule has 23 heavy (non-hydrogen) atoms. The molecule has 3 rings (SSSR count). The highest BCUT2D eigenvalue weighted by atomic mass is 16.3. The van der Waals surface area contributed by atoms with Gasteiger partial charge in [0, 0.05) is 0 Å². The van der Waals surface area contributed by atoms with Gasteiger partial charge in [-0.1, -0.05) is 46.0 Å². The van der Waals surface area contributed by atoms with Crippen LogP contribution in [0.1, 0.15) is 97.3 Å². The van der Waals surface area contributed by atoms with Gasteiger partial charge in [0.05, 0.1) is 6.10 Å². The molecule has 0 aromatic rings. The topological polar surface area (TPSA) is 20.2 Å². The summed E-state index contributed by atoms with van der Waals surface area (Å²) in [6.45, 7) is 4.58. The van der Waals surface area contributed by atoms with Crippen molar-refractivity contribution in [2.45, 2.75) is 103 Å². The second kappa shape index (κ2) is 8.37. The fourth-order valence-corrected chi connectivity index (χ4v) is 6.29. The third kappa shape index (κ3) is 4.53. The number of aliphatic hydroxyl groups excluding tert-OH is 1. The predicted molar refractivity (Wildman–Crippen MR) is 98.3 cm³/mol. The summed E-state index contributed by atoms with van der Waals surface area (Å²) >= 11 is 0. The van der Waals surface area contributed by atoms with Crippen LogP contribution in [-0.2, 0) is 0 Å². The first kappa shape index (κ1) is 17.8. The minimum Gasteiger partial charge on any atom is -0.393 e. The van der Waals surface area contributed by atoms with Gasteiger partial charge in [0.2, 0.25) is 0 Å². The van der Waals surface area contributed by atoms with Gasteiger partial charge in [-0.05, 0) is 86.9 Å². The molecule has 0 aliphatic heterocycles. The van der Waals surface area contributed by atoms with Gasteiger partial charge in [0.25, 0.3) is 0 Å². The first-order valence-corrected chi connectivity index (χ1v) is 10.8. The smallest absolute Gasteiger partial charge is 0.0568 e. The van der Waals surface area contributed by atoms with E-state index in [1.165, 1.54) is 77.0 Å². The van der Waals surface area contributed by atoms with Crippen LogP contribution in [0.25, 0.3) is 0 Å². The van der Waals surface area contributed by atoms with Crippen molar-refractivity contribution in [3.8, 4) is 0 Å². The predicted octanol–water partition coefficient (Wildman–Crippen LogP) is 6.20. The molecule has 0 radical (unpaired) electrons. The Bertz CT molecular complexity index is 342. The molecule has 3 aliphatic rings. The van der Waals surface area contributed by atoms with Gasteiger partial charge in [-0.2, -0.15) is 0 Å². The van der Waals surface area contributed by atoms with Crippen molar-refractivity contribution in [1.29, 1.82) is 0 Å². The summed E-state index contributed by atoms with van der Waals surface area (Å²) in [4.78, 5) is 0. The molecule has 0 spiro atoms. The summed E-state index contributed by atoms with van der Waals surface area (Å²) < 4.78 is 0. The van der Waals surface area contributed by atoms with E-state index in [0.717, 1.165) is 36.0 Å². The Balaban J connectivity index is 1.41. The van der Waals surface area contributed by atoms with Gasteiger partial charge in [-0.3, -0.25) is 0 Å². The van der Waals surface area contributed by atoms with E-state index in [-0.39, 0.29) is 6.10 Å². The van der Waals surface area contributed by atoms with E-state index in [0.29, 0.717) is 5.92 Å². The van der Waals surface area contributed by atoms with E-state index in [1.54, 1.807) is 0 Å². The Morgan fingerprint density at radius 2 is 1.35 bits per heavy atom. The van der Waals surface area contributed by atoms with Crippen LogP contribution in [0.15, 0.2) is 0 Å². The molecule has 3 saturated carbocycles. The summed E-state index contributed by atoms with van der Waals surface area (Å²) in [6, 6.07) is 0. The summed E-state index contributed by atoms with van der Waals surface area (Å²) in [5, 5.41) is 10.5. The molecular weight excluding hydrogens is 280 g/mol. The maximum absolute atomic E-state index is 10.5. The maximum atomic E-state index is 10.5. The summed E-state index contributed by atoms with van der Waals surface area (Å²) in [7, 11) is 0. The zero-order valence-corrected chi connectivity index (χ0v) is 15.7. The Labute approximate surface area is 144 Å². The fourth-order valence-electron chi connectivity index (χ4n) is 6.29. The molecule has 0 aromatic heterocycles. The normalized spacial score (nSPS) is 39.4. The highest BCUT2D eigenvalue weighted by Gasteiger charge is 2.42. The third-order valence-electron chi connectivity index (χ3n) is 7.64. The van der Waals surface area contributed by atoms with Crippen LogP contribution in [-0.4, -0.2) is 11.2 Å². The third-order valence-corrected chi connectivity index (χ3v) is 7.64. The Hall–Kier alpha value is -0.0400. The van der Waals surface area contributed by atoms with Crippen LogP contribution in [0.5, 0.6) is 0 Å². The highest BCUT2D eigenvalue weighted by molar-refractivity contribution is 4.92. The van der Waals surface area contributed by atoms with E-state index < -0.39 is 0 Å².